The molecule has 1 aliphatic rings. The van der Waals surface area contributed by atoms with Crippen LogP contribution in [-0.2, 0) is 4.79 Å². The molecule has 1 N–H and O–H groups in total. The summed E-state index contributed by atoms with van der Waals surface area (Å²) in [5.74, 6) is -0.177. The van der Waals surface area contributed by atoms with Crippen LogP contribution in [0.3, 0.4) is 0 Å². The fourth-order valence-corrected chi connectivity index (χ4v) is 2.45. The first-order chi connectivity index (χ1) is 11.6. The highest BCUT2D eigenvalue weighted by atomic mass is 19.1. The van der Waals surface area contributed by atoms with E-state index in [1.807, 2.05) is 0 Å². The number of carbonyl (C=O) groups is 1. The first-order valence-corrected chi connectivity index (χ1v) is 7.64. The molecule has 0 radical (unpaired) electrons. The van der Waals surface area contributed by atoms with Crippen molar-refractivity contribution in [3.8, 4) is 11.5 Å². The second kappa shape index (κ2) is 7.23. The molecule has 2 heterocycles. The van der Waals surface area contributed by atoms with Crippen molar-refractivity contribution in [1.82, 2.24) is 9.88 Å². The first kappa shape index (κ1) is 16.1. The zero-order valence-corrected chi connectivity index (χ0v) is 12.9. The van der Waals surface area contributed by atoms with Crippen LogP contribution in [-0.4, -0.2) is 40.1 Å². The van der Waals surface area contributed by atoms with Crippen molar-refractivity contribution in [2.45, 2.75) is 12.5 Å². The van der Waals surface area contributed by atoms with Gasteiger partial charge in [0.15, 0.2) is 11.6 Å². The van der Waals surface area contributed by atoms with Gasteiger partial charge < -0.3 is 14.7 Å². The maximum Gasteiger partial charge on any atom is 0.246 e. The minimum absolute atomic E-state index is 0.0918. The topological polar surface area (TPSA) is 62.7 Å². The molecule has 24 heavy (non-hydrogen) atoms. The summed E-state index contributed by atoms with van der Waals surface area (Å²) in [4.78, 5) is 17.4. The van der Waals surface area contributed by atoms with Crippen molar-refractivity contribution in [1.29, 1.82) is 0 Å². The molecule has 1 aromatic heterocycles. The summed E-state index contributed by atoms with van der Waals surface area (Å²) < 4.78 is 19.5. The van der Waals surface area contributed by atoms with Gasteiger partial charge in [0, 0.05) is 25.4 Å². The number of pyridine rings is 1. The van der Waals surface area contributed by atoms with Gasteiger partial charge in [-0.25, -0.2) is 4.39 Å². The SMILES string of the molecule is O=C(C=Cc1ccc(Oc2cccnc2)c(F)c1)N1CC[C@H](O)C1. The van der Waals surface area contributed by atoms with E-state index >= 15 is 0 Å². The number of amides is 1. The third kappa shape index (κ3) is 3.97. The minimum Gasteiger partial charge on any atom is -0.453 e. The van der Waals surface area contributed by atoms with E-state index in [1.165, 1.54) is 24.4 Å². The van der Waals surface area contributed by atoms with Gasteiger partial charge >= 0.3 is 0 Å². The van der Waals surface area contributed by atoms with Crippen molar-refractivity contribution >= 4 is 12.0 Å². The Bertz CT molecular complexity index is 749. The molecule has 0 spiro atoms. The van der Waals surface area contributed by atoms with Gasteiger partial charge in [-0.05, 0) is 42.3 Å². The molecule has 0 aliphatic carbocycles. The third-order valence-electron chi connectivity index (χ3n) is 3.71. The Morgan fingerprint density at radius 2 is 2.29 bits per heavy atom. The van der Waals surface area contributed by atoms with Crippen molar-refractivity contribution in [2.75, 3.05) is 13.1 Å². The highest BCUT2D eigenvalue weighted by Crippen LogP contribution is 2.24. The molecule has 2 aromatic rings. The van der Waals surface area contributed by atoms with E-state index in [2.05, 4.69) is 4.98 Å². The molecule has 0 bridgehead atoms. The number of hydrogen-bond donors (Lipinski definition) is 1. The number of likely N-dealkylation sites (tertiary alicyclic amines) is 1. The molecule has 1 atom stereocenters. The van der Waals surface area contributed by atoms with Crippen LogP contribution < -0.4 is 4.74 Å². The molecule has 1 aliphatic heterocycles. The molecule has 0 unspecified atom stereocenters. The average molecular weight is 328 g/mol. The lowest BCUT2D eigenvalue weighted by Gasteiger charge is -2.12. The van der Waals surface area contributed by atoms with E-state index in [9.17, 15) is 14.3 Å². The number of carbonyl (C=O) groups excluding carboxylic acids is 1. The molecular weight excluding hydrogens is 311 g/mol. The zero-order chi connectivity index (χ0) is 16.9. The fraction of sp³-hybridized carbons (Fsp3) is 0.222. The van der Waals surface area contributed by atoms with Crippen LogP contribution in [0.2, 0.25) is 0 Å². The second-order valence-corrected chi connectivity index (χ2v) is 5.54. The van der Waals surface area contributed by atoms with Gasteiger partial charge in [0.2, 0.25) is 5.91 Å². The number of aromatic nitrogens is 1. The Balaban J connectivity index is 1.66. The maximum absolute atomic E-state index is 14.1. The Hall–Kier alpha value is -2.73. The lowest BCUT2D eigenvalue weighted by Crippen LogP contribution is -2.27. The van der Waals surface area contributed by atoms with E-state index in [4.69, 9.17) is 4.74 Å². The molecule has 1 amide bonds. The summed E-state index contributed by atoms with van der Waals surface area (Å²) >= 11 is 0. The van der Waals surface area contributed by atoms with Crippen LogP contribution in [0, 0.1) is 5.82 Å². The van der Waals surface area contributed by atoms with E-state index < -0.39 is 11.9 Å². The van der Waals surface area contributed by atoms with Gasteiger partial charge in [0.1, 0.15) is 5.75 Å². The van der Waals surface area contributed by atoms with Crippen molar-refractivity contribution in [3.05, 3.63) is 60.2 Å². The Kier molecular flexibility index (Phi) is 4.86. The zero-order valence-electron chi connectivity index (χ0n) is 12.9. The normalized spacial score (nSPS) is 17.4. The number of rotatable bonds is 4. The molecule has 5 nitrogen and oxygen atoms in total. The number of aliphatic hydroxyl groups is 1. The number of β-amino-alcohol motifs (C(OH)–C–C–N with tert-alkyl or cyclic N) is 1. The molecule has 1 aromatic carbocycles. The van der Waals surface area contributed by atoms with Crippen molar-refractivity contribution in [2.24, 2.45) is 0 Å². The van der Waals surface area contributed by atoms with Gasteiger partial charge in [-0.15, -0.1) is 0 Å². The van der Waals surface area contributed by atoms with Crippen molar-refractivity contribution in [3.63, 3.8) is 0 Å². The first-order valence-electron chi connectivity index (χ1n) is 7.64. The van der Waals surface area contributed by atoms with Crippen LogP contribution in [0.5, 0.6) is 11.5 Å². The standard InChI is InChI=1S/C18H17FN2O3/c19-16-10-13(4-6-18(23)21-9-7-14(22)12-21)3-5-17(16)24-15-2-1-8-20-11-15/h1-6,8,10-11,14,22H,7,9,12H2/t14-/m0/s1. The van der Waals surface area contributed by atoms with Gasteiger partial charge in [-0.2, -0.15) is 0 Å². The third-order valence-corrected chi connectivity index (χ3v) is 3.71. The monoisotopic (exact) mass is 328 g/mol. The number of aliphatic hydroxyl groups excluding tert-OH is 1. The van der Waals surface area contributed by atoms with Crippen LogP contribution in [0.1, 0.15) is 12.0 Å². The summed E-state index contributed by atoms with van der Waals surface area (Å²) in [5, 5.41) is 9.44. The highest BCUT2D eigenvalue weighted by molar-refractivity contribution is 5.92. The Morgan fingerprint density at radius 1 is 1.42 bits per heavy atom. The largest absolute Gasteiger partial charge is 0.453 e. The van der Waals surface area contributed by atoms with E-state index in [1.54, 1.807) is 35.4 Å². The number of benzene rings is 1. The summed E-state index contributed by atoms with van der Waals surface area (Å²) in [6, 6.07) is 7.85. The summed E-state index contributed by atoms with van der Waals surface area (Å²) in [5.41, 5.74) is 0.555. The van der Waals surface area contributed by atoms with Gasteiger partial charge in [-0.1, -0.05) is 6.07 Å². The quantitative estimate of drug-likeness (QED) is 0.877. The smallest absolute Gasteiger partial charge is 0.246 e. The van der Waals surface area contributed by atoms with Gasteiger partial charge in [-0.3, -0.25) is 9.78 Å². The second-order valence-electron chi connectivity index (χ2n) is 5.54. The molecule has 1 fully saturated rings. The molecule has 124 valence electrons. The van der Waals surface area contributed by atoms with Crippen LogP contribution in [0.4, 0.5) is 4.39 Å². The number of hydrogen-bond acceptors (Lipinski definition) is 4. The Morgan fingerprint density at radius 3 is 2.96 bits per heavy atom. The predicted octanol–water partition coefficient (Wildman–Crippen LogP) is 2.62. The number of ether oxygens (including phenoxy) is 1. The number of nitrogens with zero attached hydrogens (tertiary/aromatic N) is 2. The lowest BCUT2D eigenvalue weighted by molar-refractivity contribution is -0.125. The summed E-state index contributed by atoms with van der Waals surface area (Å²) in [6.07, 6.45) is 6.17. The molecule has 3 rings (SSSR count). The Labute approximate surface area is 139 Å². The summed E-state index contributed by atoms with van der Waals surface area (Å²) in [6.45, 7) is 0.881. The molecular formula is C18H17FN2O3. The van der Waals surface area contributed by atoms with E-state index in [0.29, 0.717) is 30.8 Å². The average Bonchev–Trinajstić information content (AvgIpc) is 3.02. The molecule has 0 saturated carbocycles. The highest BCUT2D eigenvalue weighted by Gasteiger charge is 2.22. The maximum atomic E-state index is 14.1. The molecule has 1 saturated heterocycles. The lowest BCUT2D eigenvalue weighted by atomic mass is 10.2. The predicted molar refractivity (Wildman–Crippen MR) is 86.9 cm³/mol. The molecule has 6 heteroatoms. The van der Waals surface area contributed by atoms with Crippen LogP contribution in [0.25, 0.3) is 6.08 Å². The van der Waals surface area contributed by atoms with Crippen molar-refractivity contribution < 1.29 is 19.0 Å². The van der Waals surface area contributed by atoms with Gasteiger partial charge in [0.05, 0.1) is 12.3 Å². The van der Waals surface area contributed by atoms with Gasteiger partial charge in [0.25, 0.3) is 0 Å². The van der Waals surface area contributed by atoms with Crippen LogP contribution >= 0.6 is 0 Å². The fourth-order valence-electron chi connectivity index (χ4n) is 2.45. The van der Waals surface area contributed by atoms with E-state index in [0.717, 1.165) is 0 Å². The van der Waals surface area contributed by atoms with Crippen LogP contribution in [0.15, 0.2) is 48.8 Å². The summed E-state index contributed by atoms with van der Waals surface area (Å²) in [7, 11) is 0. The van der Waals surface area contributed by atoms with E-state index in [-0.39, 0.29) is 11.7 Å². The minimum atomic E-state index is -0.523. The number of halogens is 1.